The lowest BCUT2D eigenvalue weighted by molar-refractivity contribution is 0.254. The summed E-state index contributed by atoms with van der Waals surface area (Å²) in [5.74, 6) is 2.19. The summed E-state index contributed by atoms with van der Waals surface area (Å²) in [4.78, 5) is 0. The molecule has 1 aliphatic rings. The Hall–Kier alpha value is -1.88. The van der Waals surface area contributed by atoms with Crippen LogP contribution < -0.4 is 15.2 Å². The largest absolute Gasteiger partial charge is 0.496 e. The first-order chi connectivity index (χ1) is 9.99. The van der Waals surface area contributed by atoms with Crippen LogP contribution >= 0.6 is 11.6 Å². The number of rotatable bonds is 3. The minimum absolute atomic E-state index is 0.200. The monoisotopic (exact) mass is 307 g/mol. The van der Waals surface area contributed by atoms with E-state index < -0.39 is 0 Å². The number of nitrogen functional groups attached to an aromatic ring is 1. The molecule has 0 bridgehead atoms. The fourth-order valence-corrected chi connectivity index (χ4v) is 2.79. The molecule has 6 heteroatoms. The molecule has 1 atom stereocenters. The van der Waals surface area contributed by atoms with Crippen LogP contribution in [0, 0.1) is 6.92 Å². The van der Waals surface area contributed by atoms with E-state index in [0.29, 0.717) is 17.4 Å². The molecule has 0 saturated carbocycles. The van der Waals surface area contributed by atoms with E-state index >= 15 is 0 Å². The highest BCUT2D eigenvalue weighted by Gasteiger charge is 2.22. The van der Waals surface area contributed by atoms with Crippen molar-refractivity contribution in [1.29, 1.82) is 0 Å². The molecule has 0 fully saturated rings. The van der Waals surface area contributed by atoms with Gasteiger partial charge >= 0.3 is 0 Å². The number of hydrogen-bond donors (Lipinski definition) is 1. The minimum Gasteiger partial charge on any atom is -0.496 e. The summed E-state index contributed by atoms with van der Waals surface area (Å²) in [7, 11) is 1.66. The number of aromatic nitrogens is 2. The number of methoxy groups -OCH3 is 1. The van der Waals surface area contributed by atoms with E-state index in [1.54, 1.807) is 11.8 Å². The average Bonchev–Trinajstić information content (AvgIpc) is 2.92. The first-order valence-electron chi connectivity index (χ1n) is 6.84. The van der Waals surface area contributed by atoms with Crippen molar-refractivity contribution in [3.8, 4) is 11.5 Å². The summed E-state index contributed by atoms with van der Waals surface area (Å²) in [6, 6.07) is 4.03. The number of hydrogen-bond acceptors (Lipinski definition) is 4. The van der Waals surface area contributed by atoms with Crippen LogP contribution in [0.15, 0.2) is 12.1 Å². The Morgan fingerprint density at radius 3 is 2.90 bits per heavy atom. The molecule has 2 aromatic rings. The molecule has 21 heavy (non-hydrogen) atoms. The van der Waals surface area contributed by atoms with Gasteiger partial charge in [0, 0.05) is 17.5 Å². The minimum atomic E-state index is 0.200. The van der Waals surface area contributed by atoms with Gasteiger partial charge in [-0.05, 0) is 26.0 Å². The van der Waals surface area contributed by atoms with Gasteiger partial charge in [0.25, 0.3) is 0 Å². The predicted octanol–water partition coefficient (Wildman–Crippen LogP) is 2.81. The Labute approximate surface area is 128 Å². The molecule has 2 N–H and O–H groups in total. The van der Waals surface area contributed by atoms with Gasteiger partial charge in [-0.1, -0.05) is 11.6 Å². The van der Waals surface area contributed by atoms with Crippen LogP contribution in [0.2, 0.25) is 5.02 Å². The highest BCUT2D eigenvalue weighted by Crippen LogP contribution is 2.36. The zero-order valence-electron chi connectivity index (χ0n) is 12.3. The third-order valence-corrected chi connectivity index (χ3v) is 4.18. The van der Waals surface area contributed by atoms with Gasteiger partial charge in [0.05, 0.1) is 19.3 Å². The van der Waals surface area contributed by atoms with Gasteiger partial charge in [-0.25, -0.2) is 4.68 Å². The second-order valence-corrected chi connectivity index (χ2v) is 5.72. The molecule has 2 heterocycles. The van der Waals surface area contributed by atoms with Gasteiger partial charge in [-0.15, -0.1) is 0 Å². The van der Waals surface area contributed by atoms with E-state index in [1.807, 2.05) is 19.1 Å². The molecule has 0 spiro atoms. The molecule has 5 nitrogen and oxygen atoms in total. The summed E-state index contributed by atoms with van der Waals surface area (Å²) in [6.07, 6.45) is 1.10. The van der Waals surface area contributed by atoms with Crippen molar-refractivity contribution in [3.63, 3.8) is 0 Å². The molecular formula is C15H18ClN3O2. The molecular weight excluding hydrogens is 290 g/mol. The first-order valence-corrected chi connectivity index (χ1v) is 7.22. The molecule has 3 rings (SSSR count). The zero-order valence-corrected chi connectivity index (χ0v) is 13.1. The second kappa shape index (κ2) is 5.15. The van der Waals surface area contributed by atoms with Crippen molar-refractivity contribution >= 4 is 17.4 Å². The van der Waals surface area contributed by atoms with E-state index in [9.17, 15) is 0 Å². The summed E-state index contributed by atoms with van der Waals surface area (Å²) < 4.78 is 13.0. The Bertz CT molecular complexity index is 697. The maximum Gasteiger partial charge on any atom is 0.141 e. The highest BCUT2D eigenvalue weighted by molar-refractivity contribution is 6.33. The van der Waals surface area contributed by atoms with Gasteiger partial charge in [-0.2, -0.15) is 5.10 Å². The molecule has 1 aliphatic heterocycles. The number of nitrogens with zero attached hydrogens (tertiary/aromatic N) is 2. The lowest BCUT2D eigenvalue weighted by Crippen LogP contribution is -2.07. The number of benzene rings is 1. The van der Waals surface area contributed by atoms with E-state index in [0.717, 1.165) is 29.2 Å². The summed E-state index contributed by atoms with van der Waals surface area (Å²) >= 11 is 6.09. The number of ether oxygens (including phenoxy) is 2. The van der Waals surface area contributed by atoms with Crippen LogP contribution in [0.3, 0.4) is 0 Å². The quantitative estimate of drug-likeness (QED) is 0.947. The van der Waals surface area contributed by atoms with Crippen LogP contribution in [-0.4, -0.2) is 23.0 Å². The lowest BCUT2D eigenvalue weighted by Gasteiger charge is -2.12. The van der Waals surface area contributed by atoms with Crippen LogP contribution in [0.5, 0.6) is 11.5 Å². The molecule has 1 aromatic carbocycles. The number of fused-ring (bicyclic) bond motifs is 1. The second-order valence-electron chi connectivity index (χ2n) is 5.35. The predicted molar refractivity (Wildman–Crippen MR) is 82.3 cm³/mol. The number of anilines is 1. The molecule has 1 aromatic heterocycles. The fraction of sp³-hybridized carbons (Fsp3) is 0.400. The summed E-state index contributed by atoms with van der Waals surface area (Å²) in [6.45, 7) is 4.38. The van der Waals surface area contributed by atoms with Gasteiger partial charge in [0.15, 0.2) is 0 Å². The van der Waals surface area contributed by atoms with Crippen molar-refractivity contribution in [3.05, 3.63) is 34.0 Å². The van der Waals surface area contributed by atoms with Crippen molar-refractivity contribution in [2.75, 3.05) is 12.8 Å². The van der Waals surface area contributed by atoms with Crippen LogP contribution in [-0.2, 0) is 13.0 Å². The van der Waals surface area contributed by atoms with Crippen LogP contribution in [0.25, 0.3) is 0 Å². The van der Waals surface area contributed by atoms with Crippen LogP contribution in [0.4, 0.5) is 5.82 Å². The molecule has 112 valence electrons. The van der Waals surface area contributed by atoms with Crippen molar-refractivity contribution in [2.24, 2.45) is 0 Å². The van der Waals surface area contributed by atoms with Crippen molar-refractivity contribution in [2.45, 2.75) is 32.9 Å². The molecule has 0 saturated heterocycles. The van der Waals surface area contributed by atoms with Gasteiger partial charge in [-0.3, -0.25) is 0 Å². The maximum absolute atomic E-state index is 6.09. The molecule has 1 unspecified atom stereocenters. The van der Waals surface area contributed by atoms with E-state index in [4.69, 9.17) is 26.8 Å². The molecule has 0 radical (unpaired) electrons. The summed E-state index contributed by atoms with van der Waals surface area (Å²) in [5, 5.41) is 4.85. The number of nitrogens with two attached hydrogens (primary N) is 1. The first kappa shape index (κ1) is 14.1. The third-order valence-electron chi connectivity index (χ3n) is 3.71. The van der Waals surface area contributed by atoms with Gasteiger partial charge in [0.1, 0.15) is 28.4 Å². The zero-order chi connectivity index (χ0) is 15.1. The standard InChI is InChI=1S/C15H18ClN3O2/c1-8-4-10-5-12(20-3)11(6-13(10)21-8)7-19-15(17)14(16)9(2)18-19/h5-6,8H,4,7,17H2,1-3H3. The Balaban J connectivity index is 1.98. The van der Waals surface area contributed by atoms with Gasteiger partial charge in [0.2, 0.25) is 0 Å². The van der Waals surface area contributed by atoms with Crippen molar-refractivity contribution < 1.29 is 9.47 Å². The Morgan fingerprint density at radius 1 is 1.52 bits per heavy atom. The fourth-order valence-electron chi connectivity index (χ4n) is 2.65. The Morgan fingerprint density at radius 2 is 2.29 bits per heavy atom. The van der Waals surface area contributed by atoms with E-state index in [2.05, 4.69) is 12.0 Å². The average molecular weight is 308 g/mol. The highest BCUT2D eigenvalue weighted by atomic mass is 35.5. The SMILES string of the molecule is COc1cc2c(cc1Cn1nc(C)c(Cl)c1N)OC(C)C2. The number of aryl methyl sites for hydroxylation is 1. The lowest BCUT2D eigenvalue weighted by atomic mass is 10.1. The topological polar surface area (TPSA) is 62.3 Å². The molecule has 0 amide bonds. The van der Waals surface area contributed by atoms with Crippen LogP contribution in [0.1, 0.15) is 23.7 Å². The maximum atomic E-state index is 6.09. The Kier molecular flexibility index (Phi) is 3.45. The molecule has 0 aliphatic carbocycles. The van der Waals surface area contributed by atoms with E-state index in [1.165, 1.54) is 5.56 Å². The van der Waals surface area contributed by atoms with Gasteiger partial charge < -0.3 is 15.2 Å². The van der Waals surface area contributed by atoms with E-state index in [-0.39, 0.29) is 6.10 Å². The summed E-state index contributed by atoms with van der Waals surface area (Å²) in [5.41, 5.74) is 8.84. The van der Waals surface area contributed by atoms with Crippen molar-refractivity contribution in [1.82, 2.24) is 9.78 Å². The smallest absolute Gasteiger partial charge is 0.141 e. The third kappa shape index (κ3) is 2.42. The number of halogens is 1. The normalized spacial score (nSPS) is 16.7.